The zero-order valence-corrected chi connectivity index (χ0v) is 13.5. The van der Waals surface area contributed by atoms with Gasteiger partial charge in [0.15, 0.2) is 0 Å². The van der Waals surface area contributed by atoms with Crippen molar-refractivity contribution >= 4 is 20.0 Å². The molecule has 0 heterocycles. The number of allylic oxidation sites excluding steroid dienone is 1. The number of rotatable bonds is 3. The van der Waals surface area contributed by atoms with Gasteiger partial charge in [-0.15, -0.1) is 0 Å². The van der Waals surface area contributed by atoms with Crippen molar-refractivity contribution < 1.29 is 9.47 Å². The van der Waals surface area contributed by atoms with Gasteiger partial charge in [-0.3, -0.25) is 0 Å². The van der Waals surface area contributed by atoms with E-state index in [0.29, 0.717) is 0 Å². The summed E-state index contributed by atoms with van der Waals surface area (Å²) < 4.78 is 11.8. The quantitative estimate of drug-likeness (QED) is 0.792. The maximum Gasteiger partial charge on any atom is 0.130 e. The lowest BCUT2D eigenvalue weighted by molar-refractivity contribution is -0.0116. The Morgan fingerprint density at radius 3 is 2.38 bits per heavy atom. The first kappa shape index (κ1) is 15.9. The fourth-order valence-electron chi connectivity index (χ4n) is 2.20. The fraction of sp³-hybridized carbons (Fsp3) is 0.444. The van der Waals surface area contributed by atoms with Crippen LogP contribution in [0, 0.1) is 0 Å². The van der Waals surface area contributed by atoms with E-state index >= 15 is 0 Å². The molecule has 0 saturated heterocycles. The van der Waals surface area contributed by atoms with Crippen molar-refractivity contribution in [3.8, 4) is 5.75 Å². The summed E-state index contributed by atoms with van der Waals surface area (Å²) >= 11 is 0. The molecule has 2 radical (unpaired) electrons. The van der Waals surface area contributed by atoms with Crippen LogP contribution in [0.15, 0.2) is 30.4 Å². The normalized spacial score (nSPS) is 18.2. The van der Waals surface area contributed by atoms with Gasteiger partial charge in [-0.1, -0.05) is 24.3 Å². The van der Waals surface area contributed by atoms with Gasteiger partial charge in [0.05, 0.1) is 17.2 Å². The van der Waals surface area contributed by atoms with Crippen LogP contribution in [0.1, 0.15) is 34.6 Å². The summed E-state index contributed by atoms with van der Waals surface area (Å²) in [5.74, 6) is 0.766. The van der Waals surface area contributed by atoms with Gasteiger partial charge in [0.1, 0.15) is 13.6 Å². The summed E-state index contributed by atoms with van der Waals surface area (Å²) in [6, 6.07) is 5.99. The van der Waals surface area contributed by atoms with Crippen LogP contribution in [0.3, 0.4) is 0 Å². The molecule has 21 heavy (non-hydrogen) atoms. The first-order valence-electron chi connectivity index (χ1n) is 7.29. The Hall–Kier alpha value is -1.48. The average Bonchev–Trinajstić information content (AvgIpc) is 2.45. The summed E-state index contributed by atoms with van der Waals surface area (Å²) in [6.07, 6.45) is 8.22. The van der Waals surface area contributed by atoms with Crippen molar-refractivity contribution in [3.63, 3.8) is 0 Å². The highest BCUT2D eigenvalue weighted by atomic mass is 16.5. The van der Waals surface area contributed by atoms with Gasteiger partial charge in [-0.25, -0.2) is 0 Å². The second-order valence-corrected chi connectivity index (χ2v) is 6.91. The van der Waals surface area contributed by atoms with E-state index in [1.807, 2.05) is 38.1 Å². The lowest BCUT2D eigenvalue weighted by atomic mass is 9.86. The second kappa shape index (κ2) is 5.72. The van der Waals surface area contributed by atoms with Gasteiger partial charge < -0.3 is 9.47 Å². The van der Waals surface area contributed by atoms with Gasteiger partial charge in [0, 0.05) is 0 Å². The van der Waals surface area contributed by atoms with Crippen LogP contribution in [-0.2, 0) is 4.74 Å². The summed E-state index contributed by atoms with van der Waals surface area (Å²) in [5, 5.41) is 2.24. The third kappa shape index (κ3) is 5.09. The number of ether oxygens (including phenoxy) is 2. The Morgan fingerprint density at radius 2 is 1.76 bits per heavy atom. The highest BCUT2D eigenvalue weighted by Gasteiger charge is 2.16. The van der Waals surface area contributed by atoms with Crippen molar-refractivity contribution in [2.75, 3.05) is 0 Å². The molecule has 1 aromatic carbocycles. The number of hydrogen-bond acceptors (Lipinski definition) is 2. The predicted octanol–water partition coefficient (Wildman–Crippen LogP) is 2.28. The molecule has 0 aromatic heterocycles. The van der Waals surface area contributed by atoms with Crippen LogP contribution in [0.4, 0.5) is 0 Å². The van der Waals surface area contributed by atoms with E-state index in [1.54, 1.807) is 0 Å². The average molecular weight is 282 g/mol. The number of fused-ring (bicyclic) bond motifs is 1. The standard InChI is InChI=1S/C18H23BO2/c1-17(2,3)20-15-8-6-7-13-9-10-16(12-14(13)11-15)21-18(4,5)19/h6-12,15H,1-5H3. The van der Waals surface area contributed by atoms with E-state index < -0.39 is 5.50 Å². The molecule has 0 amide bonds. The molecule has 1 aromatic rings. The first-order chi connectivity index (χ1) is 9.62. The molecular weight excluding hydrogens is 259 g/mol. The van der Waals surface area contributed by atoms with Crippen LogP contribution in [0.25, 0.3) is 12.2 Å². The highest BCUT2D eigenvalue weighted by molar-refractivity contribution is 6.14. The molecule has 0 N–H and O–H groups in total. The maximum atomic E-state index is 6.03. The molecule has 2 nitrogen and oxygen atoms in total. The van der Waals surface area contributed by atoms with Crippen molar-refractivity contribution in [2.24, 2.45) is 0 Å². The van der Waals surface area contributed by atoms with Crippen LogP contribution in [-0.4, -0.2) is 25.1 Å². The monoisotopic (exact) mass is 282 g/mol. The molecule has 0 bridgehead atoms. The number of hydrogen-bond donors (Lipinski definition) is 0. The van der Waals surface area contributed by atoms with Gasteiger partial charge in [-0.2, -0.15) is 0 Å². The van der Waals surface area contributed by atoms with Crippen LogP contribution in [0.5, 0.6) is 5.75 Å². The lowest BCUT2D eigenvalue weighted by Crippen LogP contribution is -2.31. The van der Waals surface area contributed by atoms with E-state index in [9.17, 15) is 0 Å². The topological polar surface area (TPSA) is 18.5 Å². The van der Waals surface area contributed by atoms with Gasteiger partial charge in [0.2, 0.25) is 0 Å². The van der Waals surface area contributed by atoms with E-state index in [2.05, 4.69) is 39.0 Å². The minimum Gasteiger partial charge on any atom is -0.498 e. The summed E-state index contributed by atoms with van der Waals surface area (Å²) in [4.78, 5) is 0. The zero-order chi connectivity index (χ0) is 15.7. The van der Waals surface area contributed by atoms with E-state index in [-0.39, 0.29) is 11.7 Å². The highest BCUT2D eigenvalue weighted by Crippen LogP contribution is 2.15. The van der Waals surface area contributed by atoms with Crippen molar-refractivity contribution in [3.05, 3.63) is 40.8 Å². The SMILES string of the molecule is [B]C(C)(C)Oc1ccc2c(c1)=CC(OC(C)(C)C)C=CC=2. The zero-order valence-electron chi connectivity index (χ0n) is 13.5. The molecule has 110 valence electrons. The Balaban J connectivity index is 2.37. The maximum absolute atomic E-state index is 6.03. The summed E-state index contributed by atoms with van der Waals surface area (Å²) in [6.45, 7) is 9.84. The third-order valence-electron chi connectivity index (χ3n) is 2.85. The van der Waals surface area contributed by atoms with Crippen LogP contribution >= 0.6 is 0 Å². The Kier molecular flexibility index (Phi) is 4.34. The number of benzene rings is 1. The predicted molar refractivity (Wildman–Crippen MR) is 88.8 cm³/mol. The van der Waals surface area contributed by atoms with Crippen molar-refractivity contribution in [1.82, 2.24) is 0 Å². The molecule has 1 atom stereocenters. The first-order valence-corrected chi connectivity index (χ1v) is 7.29. The minimum absolute atomic E-state index is 0.0522. The van der Waals surface area contributed by atoms with Gasteiger partial charge >= 0.3 is 0 Å². The van der Waals surface area contributed by atoms with E-state index in [0.717, 1.165) is 16.2 Å². The lowest BCUT2D eigenvalue weighted by Gasteiger charge is -2.24. The van der Waals surface area contributed by atoms with Crippen molar-refractivity contribution in [2.45, 2.75) is 51.8 Å². The summed E-state index contributed by atoms with van der Waals surface area (Å²) in [5.41, 5.74) is -0.883. The Morgan fingerprint density at radius 1 is 1.05 bits per heavy atom. The Bertz CT molecular complexity index is 645. The smallest absolute Gasteiger partial charge is 0.130 e. The van der Waals surface area contributed by atoms with Gasteiger partial charge in [0.25, 0.3) is 0 Å². The molecule has 0 spiro atoms. The molecule has 1 aliphatic carbocycles. The summed E-state index contributed by atoms with van der Waals surface area (Å²) in [7, 11) is 5.91. The van der Waals surface area contributed by atoms with Crippen molar-refractivity contribution in [1.29, 1.82) is 0 Å². The molecule has 3 heteroatoms. The minimum atomic E-state index is -0.692. The molecule has 1 aliphatic rings. The van der Waals surface area contributed by atoms with E-state index in [1.165, 1.54) is 0 Å². The fourth-order valence-corrected chi connectivity index (χ4v) is 2.20. The Labute approximate surface area is 128 Å². The molecule has 0 fully saturated rings. The molecule has 0 saturated carbocycles. The largest absolute Gasteiger partial charge is 0.498 e. The molecular formula is C18H23BO2. The third-order valence-corrected chi connectivity index (χ3v) is 2.85. The second-order valence-electron chi connectivity index (χ2n) is 6.91. The van der Waals surface area contributed by atoms with Crippen LogP contribution in [0.2, 0.25) is 0 Å². The van der Waals surface area contributed by atoms with Crippen LogP contribution < -0.4 is 15.2 Å². The molecule has 2 rings (SSSR count). The molecule has 0 aliphatic heterocycles. The van der Waals surface area contributed by atoms with E-state index in [4.69, 9.17) is 17.3 Å². The molecule has 1 unspecified atom stereocenters. The van der Waals surface area contributed by atoms with Gasteiger partial charge in [-0.05, 0) is 63.3 Å².